The molecule has 1 atom stereocenters. The van der Waals surface area contributed by atoms with Crippen LogP contribution in [0.4, 0.5) is 4.79 Å². The van der Waals surface area contributed by atoms with Crippen LogP contribution in [-0.2, 0) is 11.3 Å². The van der Waals surface area contributed by atoms with Gasteiger partial charge in [0.1, 0.15) is 5.75 Å². The van der Waals surface area contributed by atoms with Crippen molar-refractivity contribution in [2.75, 3.05) is 0 Å². The average molecular weight is 341 g/mol. The van der Waals surface area contributed by atoms with Gasteiger partial charge in [0, 0.05) is 6.54 Å². The van der Waals surface area contributed by atoms with E-state index >= 15 is 0 Å². The molecule has 0 aliphatic rings. The summed E-state index contributed by atoms with van der Waals surface area (Å²) in [7, 11) is 0. The SMILES string of the molecule is C[C@H](Oc1ccccc1C(=O)NCc1ccccc1)C(=O)NC(N)=O. The third kappa shape index (κ3) is 5.35. The summed E-state index contributed by atoms with van der Waals surface area (Å²) in [5.41, 5.74) is 6.16. The van der Waals surface area contributed by atoms with Crippen LogP contribution in [0.15, 0.2) is 54.6 Å². The molecule has 4 N–H and O–H groups in total. The Bertz CT molecular complexity index is 762. The number of nitrogens with two attached hydrogens (primary N) is 1. The summed E-state index contributed by atoms with van der Waals surface area (Å²) >= 11 is 0. The first-order valence-corrected chi connectivity index (χ1v) is 7.65. The zero-order chi connectivity index (χ0) is 18.2. The van der Waals surface area contributed by atoms with Gasteiger partial charge in [0.15, 0.2) is 6.10 Å². The Hall–Kier alpha value is -3.35. The van der Waals surface area contributed by atoms with Crippen molar-refractivity contribution in [3.8, 4) is 5.75 Å². The molecule has 130 valence electrons. The van der Waals surface area contributed by atoms with Crippen LogP contribution in [0.5, 0.6) is 5.75 Å². The first-order chi connectivity index (χ1) is 12.0. The number of amides is 4. The molecule has 2 aromatic rings. The van der Waals surface area contributed by atoms with Gasteiger partial charge >= 0.3 is 6.03 Å². The molecule has 0 saturated heterocycles. The van der Waals surface area contributed by atoms with Gasteiger partial charge in [0.2, 0.25) is 0 Å². The minimum absolute atomic E-state index is 0.236. The van der Waals surface area contributed by atoms with Crippen LogP contribution >= 0.6 is 0 Å². The Morgan fingerprint density at radius 1 is 1.04 bits per heavy atom. The summed E-state index contributed by atoms with van der Waals surface area (Å²) in [6.45, 7) is 1.82. The highest BCUT2D eigenvalue weighted by Gasteiger charge is 2.19. The van der Waals surface area contributed by atoms with Gasteiger partial charge in [-0.15, -0.1) is 0 Å². The summed E-state index contributed by atoms with van der Waals surface area (Å²) in [5, 5.41) is 4.73. The van der Waals surface area contributed by atoms with E-state index in [1.54, 1.807) is 24.3 Å². The standard InChI is InChI=1S/C18H19N3O4/c1-12(16(22)21-18(19)24)25-15-10-6-5-9-14(15)17(23)20-11-13-7-3-2-4-8-13/h2-10,12H,11H2,1H3,(H,20,23)(H3,19,21,22,24)/t12-/m0/s1. The fourth-order valence-corrected chi connectivity index (χ4v) is 2.10. The van der Waals surface area contributed by atoms with Gasteiger partial charge in [0.05, 0.1) is 5.56 Å². The highest BCUT2D eigenvalue weighted by Crippen LogP contribution is 2.19. The molecule has 7 nitrogen and oxygen atoms in total. The number of hydrogen-bond acceptors (Lipinski definition) is 4. The van der Waals surface area contributed by atoms with Crippen LogP contribution in [0, 0.1) is 0 Å². The number of benzene rings is 2. The van der Waals surface area contributed by atoms with Crippen molar-refractivity contribution in [1.29, 1.82) is 0 Å². The van der Waals surface area contributed by atoms with Crippen molar-refractivity contribution in [3.05, 3.63) is 65.7 Å². The molecule has 0 saturated carbocycles. The maximum absolute atomic E-state index is 12.4. The molecule has 0 unspecified atom stereocenters. The van der Waals surface area contributed by atoms with E-state index in [4.69, 9.17) is 10.5 Å². The molecule has 0 aromatic heterocycles. The topological polar surface area (TPSA) is 111 Å². The molecule has 7 heteroatoms. The summed E-state index contributed by atoms with van der Waals surface area (Å²) in [6.07, 6.45) is -0.990. The highest BCUT2D eigenvalue weighted by molar-refractivity contribution is 5.98. The van der Waals surface area contributed by atoms with E-state index in [1.807, 2.05) is 35.6 Å². The Balaban J connectivity index is 2.05. The molecule has 0 aliphatic carbocycles. The van der Waals surface area contributed by atoms with Crippen molar-refractivity contribution < 1.29 is 19.1 Å². The molecular formula is C18H19N3O4. The van der Waals surface area contributed by atoms with Gasteiger partial charge < -0.3 is 15.8 Å². The fourth-order valence-electron chi connectivity index (χ4n) is 2.10. The highest BCUT2D eigenvalue weighted by atomic mass is 16.5. The average Bonchev–Trinajstić information content (AvgIpc) is 2.60. The Labute approximate surface area is 145 Å². The first-order valence-electron chi connectivity index (χ1n) is 7.65. The van der Waals surface area contributed by atoms with Crippen molar-refractivity contribution in [3.63, 3.8) is 0 Å². The zero-order valence-electron chi connectivity index (χ0n) is 13.7. The molecule has 2 rings (SSSR count). The van der Waals surface area contributed by atoms with Gasteiger partial charge in [-0.25, -0.2) is 4.79 Å². The number of hydrogen-bond donors (Lipinski definition) is 3. The normalized spacial score (nSPS) is 11.2. The second-order valence-corrected chi connectivity index (χ2v) is 5.28. The van der Waals surface area contributed by atoms with Crippen LogP contribution in [-0.4, -0.2) is 23.9 Å². The van der Waals surface area contributed by atoms with Gasteiger partial charge in [-0.05, 0) is 24.6 Å². The summed E-state index contributed by atoms with van der Waals surface area (Å²) in [6, 6.07) is 15.1. The molecule has 0 radical (unpaired) electrons. The van der Waals surface area contributed by atoms with Crippen LogP contribution in [0.25, 0.3) is 0 Å². The lowest BCUT2D eigenvalue weighted by atomic mass is 10.1. The first kappa shape index (κ1) is 18.0. The predicted molar refractivity (Wildman–Crippen MR) is 91.9 cm³/mol. The molecule has 25 heavy (non-hydrogen) atoms. The number of nitrogens with one attached hydrogen (secondary N) is 2. The number of rotatable bonds is 6. The fraction of sp³-hybridized carbons (Fsp3) is 0.167. The van der Waals surface area contributed by atoms with Gasteiger partial charge in [0.25, 0.3) is 11.8 Å². The van der Waals surface area contributed by atoms with Crippen molar-refractivity contribution in [2.24, 2.45) is 5.73 Å². The van der Waals surface area contributed by atoms with E-state index in [-0.39, 0.29) is 17.2 Å². The Morgan fingerprint density at radius 2 is 1.68 bits per heavy atom. The number of imide groups is 1. The molecule has 2 aromatic carbocycles. The predicted octanol–water partition coefficient (Wildman–Crippen LogP) is 1.58. The summed E-state index contributed by atoms with van der Waals surface area (Å²) in [4.78, 5) is 34.8. The number of urea groups is 1. The Morgan fingerprint density at radius 3 is 2.36 bits per heavy atom. The summed E-state index contributed by atoms with van der Waals surface area (Å²) < 4.78 is 5.50. The number of ether oxygens (including phenoxy) is 1. The maximum atomic E-state index is 12.4. The van der Waals surface area contributed by atoms with Crippen molar-refractivity contribution in [2.45, 2.75) is 19.6 Å². The second kappa shape index (κ2) is 8.49. The lowest BCUT2D eigenvalue weighted by molar-refractivity contribution is -0.126. The lowest BCUT2D eigenvalue weighted by Gasteiger charge is -2.16. The number of carbonyl (C=O) groups is 3. The third-order valence-corrected chi connectivity index (χ3v) is 3.35. The van der Waals surface area contributed by atoms with Crippen LogP contribution < -0.4 is 21.1 Å². The minimum atomic E-state index is -0.990. The molecule has 0 fully saturated rings. The maximum Gasteiger partial charge on any atom is 0.318 e. The molecule has 4 amide bonds. The number of primary amides is 1. The largest absolute Gasteiger partial charge is 0.480 e. The smallest absolute Gasteiger partial charge is 0.318 e. The number of carbonyl (C=O) groups excluding carboxylic acids is 3. The molecule has 0 spiro atoms. The van der Waals surface area contributed by atoms with Gasteiger partial charge in [-0.1, -0.05) is 42.5 Å². The van der Waals surface area contributed by atoms with E-state index in [9.17, 15) is 14.4 Å². The second-order valence-electron chi connectivity index (χ2n) is 5.28. The van der Waals surface area contributed by atoms with Crippen molar-refractivity contribution >= 4 is 17.8 Å². The van der Waals surface area contributed by atoms with E-state index in [0.717, 1.165) is 5.56 Å². The van der Waals surface area contributed by atoms with Crippen molar-refractivity contribution in [1.82, 2.24) is 10.6 Å². The van der Waals surface area contributed by atoms with E-state index in [0.29, 0.717) is 6.54 Å². The molecular weight excluding hydrogens is 322 g/mol. The minimum Gasteiger partial charge on any atom is -0.480 e. The molecule has 0 bridgehead atoms. The summed E-state index contributed by atoms with van der Waals surface area (Å²) in [5.74, 6) is -0.783. The number of para-hydroxylation sites is 1. The van der Waals surface area contributed by atoms with E-state index in [2.05, 4.69) is 5.32 Å². The molecule has 0 aliphatic heterocycles. The van der Waals surface area contributed by atoms with Gasteiger partial charge in [-0.2, -0.15) is 0 Å². The van der Waals surface area contributed by atoms with Crippen LogP contribution in [0.2, 0.25) is 0 Å². The van der Waals surface area contributed by atoms with E-state index in [1.165, 1.54) is 6.92 Å². The zero-order valence-corrected chi connectivity index (χ0v) is 13.7. The monoisotopic (exact) mass is 341 g/mol. The lowest BCUT2D eigenvalue weighted by Crippen LogP contribution is -2.42. The van der Waals surface area contributed by atoms with E-state index < -0.39 is 18.0 Å². The quantitative estimate of drug-likeness (QED) is 0.741. The van der Waals surface area contributed by atoms with Crippen LogP contribution in [0.3, 0.4) is 0 Å². The van der Waals surface area contributed by atoms with Gasteiger partial charge in [-0.3, -0.25) is 14.9 Å². The molecule has 0 heterocycles. The van der Waals surface area contributed by atoms with Crippen LogP contribution in [0.1, 0.15) is 22.8 Å². The third-order valence-electron chi connectivity index (χ3n) is 3.35. The Kier molecular flexibility index (Phi) is 6.11.